The van der Waals surface area contributed by atoms with E-state index in [2.05, 4.69) is 27.0 Å². The quantitative estimate of drug-likeness (QED) is 0.336. The van der Waals surface area contributed by atoms with Crippen LogP contribution in [0.1, 0.15) is 47.0 Å². The molecular weight excluding hydrogens is 272 g/mol. The van der Waals surface area contributed by atoms with E-state index in [-0.39, 0.29) is 11.3 Å². The molecule has 0 bridgehead atoms. The highest BCUT2D eigenvalue weighted by Crippen LogP contribution is 2.49. The summed E-state index contributed by atoms with van der Waals surface area (Å²) in [4.78, 5) is 10.6. The average Bonchev–Trinajstić information content (AvgIpc) is 2.46. The van der Waals surface area contributed by atoms with Crippen molar-refractivity contribution in [2.75, 3.05) is 0 Å². The molecule has 1 saturated carbocycles. The molecule has 1 aliphatic rings. The first-order chi connectivity index (χ1) is 10.2. The zero-order valence-electron chi connectivity index (χ0n) is 14.4. The van der Waals surface area contributed by atoms with Crippen molar-refractivity contribution in [2.45, 2.75) is 52.6 Å². The van der Waals surface area contributed by atoms with Crippen LogP contribution < -0.4 is 0 Å². The van der Waals surface area contributed by atoms with Crippen LogP contribution in [-0.2, 0) is 4.79 Å². The third-order valence-corrected chi connectivity index (χ3v) is 5.21. The molecule has 1 fully saturated rings. The molecule has 0 radical (unpaired) electrons. The molecule has 122 valence electrons. The molecule has 0 aromatic rings. The van der Waals surface area contributed by atoms with E-state index in [9.17, 15) is 9.90 Å². The van der Waals surface area contributed by atoms with Crippen molar-refractivity contribution in [1.82, 2.24) is 0 Å². The van der Waals surface area contributed by atoms with Gasteiger partial charge in [-0.15, -0.1) is 6.58 Å². The fourth-order valence-corrected chi connectivity index (χ4v) is 3.44. The number of hydrogen-bond donors (Lipinski definition) is 1. The lowest BCUT2D eigenvalue weighted by molar-refractivity contribution is -0.104. The van der Waals surface area contributed by atoms with Gasteiger partial charge in [-0.2, -0.15) is 0 Å². The largest absolute Gasteiger partial charge is 0.386 e. The van der Waals surface area contributed by atoms with Crippen LogP contribution in [-0.4, -0.2) is 17.0 Å². The van der Waals surface area contributed by atoms with E-state index in [1.165, 1.54) is 0 Å². The summed E-state index contributed by atoms with van der Waals surface area (Å²) >= 11 is 0. The van der Waals surface area contributed by atoms with Gasteiger partial charge in [0, 0.05) is 0 Å². The van der Waals surface area contributed by atoms with E-state index in [1.54, 1.807) is 25.2 Å². The summed E-state index contributed by atoms with van der Waals surface area (Å²) in [5.41, 5.74) is 0.991. The Morgan fingerprint density at radius 2 is 2.05 bits per heavy atom. The summed E-state index contributed by atoms with van der Waals surface area (Å²) in [6.45, 7) is 16.0. The maximum absolute atomic E-state index is 10.8. The molecule has 2 heteroatoms. The van der Waals surface area contributed by atoms with E-state index >= 15 is 0 Å². The minimum atomic E-state index is -0.879. The topological polar surface area (TPSA) is 37.3 Å². The van der Waals surface area contributed by atoms with E-state index < -0.39 is 5.60 Å². The third-order valence-electron chi connectivity index (χ3n) is 5.21. The van der Waals surface area contributed by atoms with Crippen LogP contribution in [0.4, 0.5) is 0 Å². The Morgan fingerprint density at radius 3 is 2.55 bits per heavy atom. The molecule has 1 aliphatic carbocycles. The lowest BCUT2D eigenvalue weighted by atomic mass is 9.59. The minimum Gasteiger partial charge on any atom is -0.386 e. The zero-order valence-corrected chi connectivity index (χ0v) is 14.4. The Labute approximate surface area is 135 Å². The fraction of sp³-hybridized carbons (Fsp3) is 0.550. The van der Waals surface area contributed by atoms with Gasteiger partial charge in [-0.25, -0.2) is 0 Å². The average molecular weight is 302 g/mol. The van der Waals surface area contributed by atoms with Gasteiger partial charge in [0.25, 0.3) is 0 Å². The van der Waals surface area contributed by atoms with Crippen LogP contribution in [0.25, 0.3) is 0 Å². The molecule has 1 rings (SSSR count). The molecule has 0 aromatic heterocycles. The summed E-state index contributed by atoms with van der Waals surface area (Å²) < 4.78 is 0. The maximum atomic E-state index is 10.8. The molecule has 0 aliphatic heterocycles. The summed E-state index contributed by atoms with van der Waals surface area (Å²) in [6, 6.07) is 0. The summed E-state index contributed by atoms with van der Waals surface area (Å²) in [6.07, 6.45) is 11.0. The fourth-order valence-electron chi connectivity index (χ4n) is 3.44. The Morgan fingerprint density at radius 1 is 1.41 bits per heavy atom. The second-order valence-corrected chi connectivity index (χ2v) is 7.19. The van der Waals surface area contributed by atoms with Crippen molar-refractivity contribution in [3.8, 4) is 0 Å². The van der Waals surface area contributed by atoms with Gasteiger partial charge in [-0.05, 0) is 62.9 Å². The number of allylic oxidation sites excluding steroid dienone is 5. The van der Waals surface area contributed by atoms with Gasteiger partial charge in [-0.3, -0.25) is 4.79 Å². The molecule has 2 nitrogen and oxygen atoms in total. The normalized spacial score (nSPS) is 32.5. The van der Waals surface area contributed by atoms with Crippen molar-refractivity contribution in [2.24, 2.45) is 17.3 Å². The van der Waals surface area contributed by atoms with Crippen molar-refractivity contribution in [3.63, 3.8) is 0 Å². The van der Waals surface area contributed by atoms with Gasteiger partial charge < -0.3 is 5.11 Å². The van der Waals surface area contributed by atoms with E-state index in [1.807, 2.05) is 13.0 Å². The summed E-state index contributed by atoms with van der Waals surface area (Å²) in [7, 11) is 0. The number of aliphatic hydroxyl groups is 1. The van der Waals surface area contributed by atoms with Crippen LogP contribution in [0.15, 0.2) is 48.6 Å². The van der Waals surface area contributed by atoms with E-state index in [4.69, 9.17) is 0 Å². The van der Waals surface area contributed by atoms with Crippen LogP contribution in [0.2, 0.25) is 0 Å². The summed E-state index contributed by atoms with van der Waals surface area (Å²) in [5.74, 6) is 0.527. The van der Waals surface area contributed by atoms with Gasteiger partial charge in [-0.1, -0.05) is 43.4 Å². The Bertz CT molecular complexity index is 496. The highest BCUT2D eigenvalue weighted by atomic mass is 16.3. The van der Waals surface area contributed by atoms with Crippen LogP contribution in [0.5, 0.6) is 0 Å². The molecule has 0 saturated heterocycles. The predicted molar refractivity (Wildman–Crippen MR) is 93.5 cm³/mol. The van der Waals surface area contributed by atoms with Crippen LogP contribution >= 0.6 is 0 Å². The van der Waals surface area contributed by atoms with Crippen molar-refractivity contribution < 1.29 is 9.90 Å². The predicted octanol–water partition coefficient (Wildman–Crippen LogP) is 4.62. The van der Waals surface area contributed by atoms with Gasteiger partial charge >= 0.3 is 0 Å². The maximum Gasteiger partial charge on any atom is 0.145 e. The van der Waals surface area contributed by atoms with E-state index in [0.717, 1.165) is 31.1 Å². The zero-order chi connectivity index (χ0) is 17.0. The minimum absolute atomic E-state index is 0.0656. The first kappa shape index (κ1) is 18.6. The molecule has 0 aromatic carbocycles. The molecule has 1 N–H and O–H groups in total. The highest BCUT2D eigenvalue weighted by molar-refractivity contribution is 5.72. The number of rotatable bonds is 6. The molecular formula is C20H30O2. The van der Waals surface area contributed by atoms with Gasteiger partial charge in [0.15, 0.2) is 0 Å². The second kappa shape index (κ2) is 7.23. The smallest absolute Gasteiger partial charge is 0.145 e. The van der Waals surface area contributed by atoms with Gasteiger partial charge in [0.1, 0.15) is 6.29 Å². The molecule has 4 unspecified atom stereocenters. The van der Waals surface area contributed by atoms with Crippen LogP contribution in [0.3, 0.4) is 0 Å². The van der Waals surface area contributed by atoms with Crippen LogP contribution in [0, 0.1) is 17.3 Å². The summed E-state index contributed by atoms with van der Waals surface area (Å²) in [5, 5.41) is 10.8. The number of carbonyl (C=O) groups is 1. The van der Waals surface area contributed by atoms with Crippen molar-refractivity contribution in [1.29, 1.82) is 0 Å². The monoisotopic (exact) mass is 302 g/mol. The Balaban J connectivity index is 2.91. The molecule has 0 spiro atoms. The third kappa shape index (κ3) is 4.30. The lowest BCUT2D eigenvalue weighted by Gasteiger charge is -2.46. The first-order valence-electron chi connectivity index (χ1n) is 7.99. The molecule has 4 atom stereocenters. The molecule has 22 heavy (non-hydrogen) atoms. The number of hydrogen-bond acceptors (Lipinski definition) is 2. The van der Waals surface area contributed by atoms with Crippen molar-refractivity contribution in [3.05, 3.63) is 48.6 Å². The van der Waals surface area contributed by atoms with Crippen molar-refractivity contribution >= 4 is 6.29 Å². The first-order valence-corrected chi connectivity index (χ1v) is 7.99. The van der Waals surface area contributed by atoms with Gasteiger partial charge in [0.05, 0.1) is 5.60 Å². The van der Waals surface area contributed by atoms with E-state index in [0.29, 0.717) is 11.5 Å². The SMILES string of the molecule is C=CC1(C)CCC(C(C)(O)C=CC=C(C)C=O)CC1C(=C)C. The Hall–Kier alpha value is -1.41. The Kier molecular flexibility index (Phi) is 6.13. The standard InChI is InChI=1S/C20H30O2/c1-7-19(5)12-10-17(13-18(19)15(2)3)20(6,22)11-8-9-16(4)14-21/h7-9,11,14,17-18,22H,1-2,10,12-13H2,3-6H3. The lowest BCUT2D eigenvalue weighted by Crippen LogP contribution is -2.42. The van der Waals surface area contributed by atoms with Gasteiger partial charge in [0.2, 0.25) is 0 Å². The highest BCUT2D eigenvalue weighted by Gasteiger charge is 2.42. The number of aldehydes is 1. The number of carbonyl (C=O) groups excluding carboxylic acids is 1. The molecule has 0 heterocycles. The second-order valence-electron chi connectivity index (χ2n) is 7.19. The molecule has 0 amide bonds.